The maximum Gasteiger partial charge on any atom is 0.297 e. The average Bonchev–Trinajstić information content (AvgIpc) is 2.98. The Morgan fingerprint density at radius 1 is 1.03 bits per heavy atom. The van der Waals surface area contributed by atoms with Gasteiger partial charge < -0.3 is 0 Å². The molecule has 2 aromatic carbocycles. The number of rotatable bonds is 5. The molecular weight excluding hydrogens is 424 g/mol. The van der Waals surface area contributed by atoms with Crippen molar-refractivity contribution in [3.05, 3.63) is 64.7 Å². The summed E-state index contributed by atoms with van der Waals surface area (Å²) in [6, 6.07) is 9.43. The quantitative estimate of drug-likeness (QED) is 0.546. The first kappa shape index (κ1) is 20.9. The molecule has 31 heavy (non-hydrogen) atoms. The monoisotopic (exact) mass is 442 g/mol. The lowest BCUT2D eigenvalue weighted by Gasteiger charge is -2.27. The Balaban J connectivity index is 1.60. The summed E-state index contributed by atoms with van der Waals surface area (Å²) >= 11 is 0. The van der Waals surface area contributed by atoms with E-state index < -0.39 is 46.4 Å². The minimum atomic E-state index is -4.08. The van der Waals surface area contributed by atoms with E-state index in [-0.39, 0.29) is 34.4 Å². The third-order valence-corrected chi connectivity index (χ3v) is 6.51. The number of nitrogens with zero attached hydrogens (tertiary/aromatic N) is 1. The Morgan fingerprint density at radius 3 is 2.42 bits per heavy atom. The van der Waals surface area contributed by atoms with Gasteiger partial charge in [-0.25, -0.2) is 0 Å². The second-order valence-corrected chi connectivity index (χ2v) is 8.93. The summed E-state index contributed by atoms with van der Waals surface area (Å²) in [6.45, 7) is 1.36. The van der Waals surface area contributed by atoms with Gasteiger partial charge >= 0.3 is 0 Å². The van der Waals surface area contributed by atoms with Crippen LogP contribution in [0.5, 0.6) is 0 Å². The largest absolute Gasteiger partial charge is 0.297 e. The van der Waals surface area contributed by atoms with Crippen molar-refractivity contribution in [3.63, 3.8) is 0 Å². The van der Waals surface area contributed by atoms with Crippen LogP contribution in [0.25, 0.3) is 0 Å². The van der Waals surface area contributed by atoms with Crippen LogP contribution in [0.4, 0.5) is 0 Å². The van der Waals surface area contributed by atoms with Crippen LogP contribution in [0.3, 0.4) is 0 Å². The van der Waals surface area contributed by atoms with Crippen molar-refractivity contribution in [2.24, 2.45) is 0 Å². The molecule has 0 aromatic heterocycles. The summed E-state index contributed by atoms with van der Waals surface area (Å²) < 4.78 is 30.1. The molecule has 1 fully saturated rings. The lowest BCUT2D eigenvalue weighted by molar-refractivity contribution is -0.136. The lowest BCUT2D eigenvalue weighted by Crippen LogP contribution is -2.54. The highest BCUT2D eigenvalue weighted by Gasteiger charge is 2.45. The van der Waals surface area contributed by atoms with Crippen LogP contribution in [-0.4, -0.2) is 43.0 Å². The number of aryl methyl sites for hydroxylation is 1. The van der Waals surface area contributed by atoms with E-state index in [2.05, 4.69) is 5.32 Å². The third kappa shape index (κ3) is 3.75. The van der Waals surface area contributed by atoms with Crippen molar-refractivity contribution in [2.45, 2.75) is 37.3 Å². The van der Waals surface area contributed by atoms with Gasteiger partial charge in [-0.3, -0.25) is 33.6 Å². The van der Waals surface area contributed by atoms with Crippen molar-refractivity contribution in [2.75, 3.05) is 0 Å². The number of amides is 4. The van der Waals surface area contributed by atoms with Gasteiger partial charge in [-0.2, -0.15) is 8.42 Å². The number of hydrogen-bond donors (Lipinski definition) is 1. The Kier molecular flexibility index (Phi) is 5.19. The molecule has 1 saturated heterocycles. The zero-order chi connectivity index (χ0) is 22.3. The molecule has 4 amide bonds. The van der Waals surface area contributed by atoms with Crippen LogP contribution in [0.2, 0.25) is 0 Å². The predicted octanol–water partition coefficient (Wildman–Crippen LogP) is 1.30. The fourth-order valence-electron chi connectivity index (χ4n) is 3.62. The first-order valence-electron chi connectivity index (χ1n) is 9.48. The van der Waals surface area contributed by atoms with E-state index in [9.17, 15) is 27.6 Å². The third-order valence-electron chi connectivity index (χ3n) is 5.23. The van der Waals surface area contributed by atoms with Crippen LogP contribution in [0.15, 0.2) is 47.4 Å². The summed E-state index contributed by atoms with van der Waals surface area (Å²) in [4.78, 5) is 50.2. The number of fused-ring (bicyclic) bond motifs is 1. The number of piperidine rings is 1. The molecule has 0 bridgehead atoms. The van der Waals surface area contributed by atoms with E-state index in [1.54, 1.807) is 12.1 Å². The highest BCUT2D eigenvalue weighted by molar-refractivity contribution is 7.86. The van der Waals surface area contributed by atoms with Crippen LogP contribution in [0.1, 0.15) is 44.7 Å². The minimum Gasteiger partial charge on any atom is -0.295 e. The topological polar surface area (TPSA) is 127 Å². The maximum atomic E-state index is 13.0. The molecule has 0 spiro atoms. The second kappa shape index (κ2) is 7.71. The van der Waals surface area contributed by atoms with Crippen LogP contribution < -0.4 is 5.32 Å². The van der Waals surface area contributed by atoms with E-state index >= 15 is 0 Å². The number of nitrogens with one attached hydrogen (secondary N) is 1. The Hall–Kier alpha value is -3.37. The van der Waals surface area contributed by atoms with Crippen molar-refractivity contribution in [1.82, 2.24) is 10.2 Å². The second-order valence-electron chi connectivity index (χ2n) is 7.32. The van der Waals surface area contributed by atoms with Gasteiger partial charge in [-0.05, 0) is 37.1 Å². The molecule has 1 N–H and O–H groups in total. The van der Waals surface area contributed by atoms with Gasteiger partial charge in [-0.1, -0.05) is 29.8 Å². The lowest BCUT2D eigenvalue weighted by atomic mass is 10.0. The molecule has 1 atom stereocenters. The highest BCUT2D eigenvalue weighted by Crippen LogP contribution is 2.30. The molecule has 2 aliphatic rings. The predicted molar refractivity (Wildman–Crippen MR) is 106 cm³/mol. The molecule has 0 aliphatic carbocycles. The summed E-state index contributed by atoms with van der Waals surface area (Å²) in [5.41, 5.74) is 1.15. The summed E-state index contributed by atoms with van der Waals surface area (Å²) in [6.07, 6.45) is 0.0400. The zero-order valence-electron chi connectivity index (χ0n) is 16.5. The first-order valence-corrected chi connectivity index (χ1v) is 10.9. The van der Waals surface area contributed by atoms with Gasteiger partial charge in [0, 0.05) is 6.42 Å². The maximum absolute atomic E-state index is 13.0. The summed E-state index contributed by atoms with van der Waals surface area (Å²) in [5, 5.41) is 2.13. The van der Waals surface area contributed by atoms with E-state index in [0.29, 0.717) is 0 Å². The molecule has 4 rings (SSSR count). The molecule has 2 heterocycles. The van der Waals surface area contributed by atoms with Crippen molar-refractivity contribution in [1.29, 1.82) is 0 Å². The molecular formula is C21H18N2O7S. The van der Waals surface area contributed by atoms with Crippen LogP contribution in [-0.2, 0) is 30.5 Å². The number of carbonyl (C=O) groups is 4. The van der Waals surface area contributed by atoms with E-state index in [1.165, 1.54) is 30.3 Å². The number of carbonyl (C=O) groups excluding carboxylic acids is 4. The minimum absolute atomic E-state index is 0.00342. The van der Waals surface area contributed by atoms with Gasteiger partial charge in [-0.15, -0.1) is 0 Å². The van der Waals surface area contributed by atoms with Gasteiger partial charge in [0.15, 0.2) is 0 Å². The van der Waals surface area contributed by atoms with Gasteiger partial charge in [0.1, 0.15) is 6.04 Å². The molecule has 2 aromatic rings. The fourth-order valence-corrected chi connectivity index (χ4v) is 4.51. The number of imide groups is 2. The van der Waals surface area contributed by atoms with Gasteiger partial charge in [0.05, 0.1) is 22.6 Å². The van der Waals surface area contributed by atoms with Crippen LogP contribution >= 0.6 is 0 Å². The molecule has 160 valence electrons. The average molecular weight is 442 g/mol. The van der Waals surface area contributed by atoms with Crippen molar-refractivity contribution >= 4 is 33.7 Å². The zero-order valence-corrected chi connectivity index (χ0v) is 17.3. The fraction of sp³-hybridized carbons (Fsp3) is 0.238. The number of benzene rings is 2. The molecule has 2 aliphatic heterocycles. The van der Waals surface area contributed by atoms with E-state index in [4.69, 9.17) is 4.18 Å². The Labute approximate surface area is 178 Å². The standard InChI is InChI=1S/C21H18N2O7S/c1-12-5-7-14(8-6-12)31(28,29)30-11-13-3-2-4-15-18(13)21(27)23(20(15)26)16-9-10-17(24)22-19(16)25/h2-8,16H,9-11H2,1H3,(H,22,24,25). The van der Waals surface area contributed by atoms with Crippen molar-refractivity contribution < 1.29 is 31.8 Å². The van der Waals surface area contributed by atoms with Gasteiger partial charge in [0.2, 0.25) is 11.8 Å². The first-order chi connectivity index (χ1) is 14.7. The van der Waals surface area contributed by atoms with Crippen molar-refractivity contribution in [3.8, 4) is 0 Å². The molecule has 9 nitrogen and oxygen atoms in total. The molecule has 1 unspecified atom stereocenters. The Bertz CT molecular complexity index is 1220. The van der Waals surface area contributed by atoms with E-state index in [0.717, 1.165) is 10.5 Å². The highest BCUT2D eigenvalue weighted by atomic mass is 32.2. The van der Waals surface area contributed by atoms with Gasteiger partial charge in [0.25, 0.3) is 21.9 Å². The molecule has 10 heteroatoms. The number of hydrogen-bond acceptors (Lipinski definition) is 7. The van der Waals surface area contributed by atoms with E-state index in [1.807, 2.05) is 6.92 Å². The molecule has 0 saturated carbocycles. The smallest absolute Gasteiger partial charge is 0.295 e. The summed E-state index contributed by atoms with van der Waals surface area (Å²) in [5.74, 6) is -2.57. The Morgan fingerprint density at radius 2 is 1.74 bits per heavy atom. The van der Waals surface area contributed by atoms with Crippen LogP contribution in [0, 0.1) is 6.92 Å². The summed E-state index contributed by atoms with van der Waals surface area (Å²) in [7, 11) is -4.08. The normalized spacial score (nSPS) is 18.9. The molecule has 0 radical (unpaired) electrons. The SMILES string of the molecule is Cc1ccc(S(=O)(=O)OCc2cccc3c2C(=O)N(C2CCC(=O)NC2=O)C3=O)cc1.